The van der Waals surface area contributed by atoms with Gasteiger partial charge in [-0.15, -0.1) is 0 Å². The van der Waals surface area contributed by atoms with Crippen LogP contribution in [0.2, 0.25) is 0 Å². The molecule has 2 rings (SSSR count). The molecule has 1 saturated carbocycles. The van der Waals surface area contributed by atoms with E-state index >= 15 is 0 Å². The summed E-state index contributed by atoms with van der Waals surface area (Å²) in [6.45, 7) is 0. The predicted molar refractivity (Wildman–Crippen MR) is 72.7 cm³/mol. The Bertz CT molecular complexity index is 589. The normalized spacial score (nSPS) is 23.6. The van der Waals surface area contributed by atoms with E-state index < -0.39 is 9.84 Å². The molecule has 2 atom stereocenters. The fourth-order valence-corrected chi connectivity index (χ4v) is 3.60. The molecule has 0 heterocycles. The molecule has 0 radical (unpaired) electrons. The van der Waals surface area contributed by atoms with Gasteiger partial charge in [-0.3, -0.25) is 0 Å². The first-order valence-corrected chi connectivity index (χ1v) is 8.31. The van der Waals surface area contributed by atoms with Gasteiger partial charge in [0.05, 0.1) is 10.8 Å². The van der Waals surface area contributed by atoms with Gasteiger partial charge in [-0.25, -0.2) is 8.42 Å². The summed E-state index contributed by atoms with van der Waals surface area (Å²) >= 11 is 0. The third-order valence-corrected chi connectivity index (χ3v) is 5.12. The molecule has 0 aromatic heterocycles. The summed E-state index contributed by atoms with van der Waals surface area (Å²) in [7, 11) is -3.01. The number of benzene rings is 1. The van der Waals surface area contributed by atoms with Crippen LogP contribution in [0.15, 0.2) is 24.3 Å². The quantitative estimate of drug-likeness (QED) is 0.851. The molecule has 19 heavy (non-hydrogen) atoms. The number of nitrogens with zero attached hydrogens (tertiary/aromatic N) is 1. The molecule has 4 nitrogen and oxygen atoms in total. The Morgan fingerprint density at radius 2 is 2.05 bits per heavy atom. The van der Waals surface area contributed by atoms with Crippen LogP contribution in [0.1, 0.15) is 31.2 Å². The lowest BCUT2D eigenvalue weighted by molar-refractivity contribution is 0.156. The summed E-state index contributed by atoms with van der Waals surface area (Å²) < 4.78 is 29.0. The second-order valence-corrected chi connectivity index (χ2v) is 7.29. The van der Waals surface area contributed by atoms with Crippen LogP contribution in [-0.2, 0) is 9.84 Å². The average Bonchev–Trinajstić information content (AvgIpc) is 2.39. The van der Waals surface area contributed by atoms with Gasteiger partial charge >= 0.3 is 0 Å². The highest BCUT2D eigenvalue weighted by Crippen LogP contribution is 2.28. The Morgan fingerprint density at radius 1 is 1.32 bits per heavy atom. The van der Waals surface area contributed by atoms with Crippen LogP contribution < -0.4 is 4.74 Å². The lowest BCUT2D eigenvalue weighted by atomic mass is 9.97. The Morgan fingerprint density at radius 3 is 2.74 bits per heavy atom. The van der Waals surface area contributed by atoms with E-state index in [2.05, 4.69) is 6.07 Å². The van der Waals surface area contributed by atoms with Crippen molar-refractivity contribution >= 4 is 9.84 Å². The molecule has 1 aliphatic rings. The molecular weight excluding hydrogens is 262 g/mol. The Labute approximate surface area is 113 Å². The van der Waals surface area contributed by atoms with Crippen LogP contribution in [0, 0.1) is 11.3 Å². The number of nitriles is 1. The highest BCUT2D eigenvalue weighted by molar-refractivity contribution is 7.91. The molecule has 1 aromatic carbocycles. The van der Waals surface area contributed by atoms with Gasteiger partial charge in [0.15, 0.2) is 0 Å². The van der Waals surface area contributed by atoms with Crippen LogP contribution >= 0.6 is 0 Å². The van der Waals surface area contributed by atoms with Gasteiger partial charge < -0.3 is 4.74 Å². The summed E-state index contributed by atoms with van der Waals surface area (Å²) in [4.78, 5) is 0. The predicted octanol–water partition coefficient (Wildman–Crippen LogP) is 2.29. The van der Waals surface area contributed by atoms with E-state index in [1.807, 2.05) is 6.07 Å². The number of hydrogen-bond donors (Lipinski definition) is 0. The second-order valence-electron chi connectivity index (χ2n) is 4.97. The summed E-state index contributed by atoms with van der Waals surface area (Å²) in [5.41, 5.74) is 0.490. The van der Waals surface area contributed by atoms with E-state index in [1.165, 1.54) is 6.26 Å². The molecule has 1 fully saturated rings. The highest BCUT2D eigenvalue weighted by Gasteiger charge is 2.30. The van der Waals surface area contributed by atoms with Crippen molar-refractivity contribution in [3.8, 4) is 11.8 Å². The minimum absolute atomic E-state index is 0.122. The Balaban J connectivity index is 2.09. The molecule has 1 aromatic rings. The molecule has 5 heteroatoms. The van der Waals surface area contributed by atoms with Crippen molar-refractivity contribution < 1.29 is 13.2 Å². The standard InChI is InChI=1S/C14H17NO3S/c1-19(16,17)13-7-4-6-12(9-13)18-14-8-3-2-5-11(14)10-15/h2-3,5,8,12-13H,4,6-7,9H2,1H3. The summed E-state index contributed by atoms with van der Waals surface area (Å²) in [5, 5.41) is 8.68. The first-order chi connectivity index (χ1) is 9.00. The van der Waals surface area contributed by atoms with Gasteiger partial charge in [0, 0.05) is 12.7 Å². The van der Waals surface area contributed by atoms with Crippen LogP contribution in [0.5, 0.6) is 5.75 Å². The number of hydrogen-bond acceptors (Lipinski definition) is 4. The van der Waals surface area contributed by atoms with E-state index in [0.717, 1.165) is 12.8 Å². The van der Waals surface area contributed by atoms with Gasteiger partial charge in [-0.2, -0.15) is 5.26 Å². The fourth-order valence-electron chi connectivity index (χ4n) is 2.44. The summed E-state index contributed by atoms with van der Waals surface area (Å²) in [6, 6.07) is 9.13. The van der Waals surface area contributed by atoms with Gasteiger partial charge in [0.2, 0.25) is 0 Å². The van der Waals surface area contributed by atoms with Crippen LogP contribution in [0.25, 0.3) is 0 Å². The number of para-hydroxylation sites is 1. The highest BCUT2D eigenvalue weighted by atomic mass is 32.2. The molecule has 0 amide bonds. The minimum Gasteiger partial charge on any atom is -0.489 e. The zero-order chi connectivity index (χ0) is 13.9. The number of sulfone groups is 1. The van der Waals surface area contributed by atoms with Crippen LogP contribution in [-0.4, -0.2) is 26.0 Å². The summed E-state index contributed by atoms with van der Waals surface area (Å²) in [6.07, 6.45) is 4.06. The monoisotopic (exact) mass is 279 g/mol. The second kappa shape index (κ2) is 5.62. The molecule has 0 aliphatic heterocycles. The maximum absolute atomic E-state index is 11.6. The van der Waals surface area contributed by atoms with Gasteiger partial charge in [0.25, 0.3) is 0 Å². The SMILES string of the molecule is CS(=O)(=O)C1CCCC(Oc2ccccc2C#N)C1. The van der Waals surface area contributed by atoms with E-state index in [9.17, 15) is 8.42 Å². The maximum Gasteiger partial charge on any atom is 0.150 e. The number of rotatable bonds is 3. The first kappa shape index (κ1) is 13.9. The average molecular weight is 279 g/mol. The first-order valence-electron chi connectivity index (χ1n) is 6.35. The summed E-state index contributed by atoms with van der Waals surface area (Å²) in [5.74, 6) is 0.546. The molecular formula is C14H17NO3S. The molecule has 0 spiro atoms. The Hall–Kier alpha value is -1.54. The van der Waals surface area contributed by atoms with E-state index in [-0.39, 0.29) is 11.4 Å². The number of ether oxygens (including phenoxy) is 1. The van der Waals surface area contributed by atoms with Crippen LogP contribution in [0.3, 0.4) is 0 Å². The van der Waals surface area contributed by atoms with Crippen molar-refractivity contribution in [2.24, 2.45) is 0 Å². The zero-order valence-corrected chi connectivity index (χ0v) is 11.7. The Kier molecular flexibility index (Phi) is 4.11. The molecule has 1 aliphatic carbocycles. The van der Waals surface area contributed by atoms with Crippen molar-refractivity contribution in [1.29, 1.82) is 5.26 Å². The lowest BCUT2D eigenvalue weighted by Crippen LogP contribution is -2.33. The molecule has 0 saturated heterocycles. The van der Waals surface area contributed by atoms with Crippen LogP contribution in [0.4, 0.5) is 0 Å². The van der Waals surface area contributed by atoms with Gasteiger partial charge in [-0.1, -0.05) is 12.1 Å². The van der Waals surface area contributed by atoms with Crippen molar-refractivity contribution in [2.45, 2.75) is 37.0 Å². The van der Waals surface area contributed by atoms with Crippen molar-refractivity contribution in [3.05, 3.63) is 29.8 Å². The minimum atomic E-state index is -3.01. The maximum atomic E-state index is 11.6. The molecule has 102 valence electrons. The van der Waals surface area contributed by atoms with Crippen molar-refractivity contribution in [3.63, 3.8) is 0 Å². The van der Waals surface area contributed by atoms with E-state index in [1.54, 1.807) is 18.2 Å². The fraction of sp³-hybridized carbons (Fsp3) is 0.500. The van der Waals surface area contributed by atoms with Crippen molar-refractivity contribution in [2.75, 3.05) is 6.26 Å². The van der Waals surface area contributed by atoms with Gasteiger partial charge in [-0.05, 0) is 31.4 Å². The third-order valence-electron chi connectivity index (χ3n) is 3.48. The van der Waals surface area contributed by atoms with Gasteiger partial charge in [0.1, 0.15) is 27.8 Å². The zero-order valence-electron chi connectivity index (χ0n) is 10.9. The molecule has 2 unspecified atom stereocenters. The lowest BCUT2D eigenvalue weighted by Gasteiger charge is -2.28. The van der Waals surface area contributed by atoms with Crippen molar-refractivity contribution in [1.82, 2.24) is 0 Å². The molecule has 0 bridgehead atoms. The smallest absolute Gasteiger partial charge is 0.150 e. The topological polar surface area (TPSA) is 67.2 Å². The molecule has 0 N–H and O–H groups in total. The van der Waals surface area contributed by atoms with E-state index in [0.29, 0.717) is 24.2 Å². The third kappa shape index (κ3) is 3.48. The van der Waals surface area contributed by atoms with E-state index in [4.69, 9.17) is 10.00 Å². The largest absolute Gasteiger partial charge is 0.489 e.